The number of nitrogens with zero attached hydrogens (tertiary/aromatic N) is 2. The molecule has 9 heteroatoms. The van der Waals surface area contributed by atoms with Crippen LogP contribution in [0.3, 0.4) is 0 Å². The summed E-state index contributed by atoms with van der Waals surface area (Å²) in [4.78, 5) is 17.6. The van der Waals surface area contributed by atoms with E-state index in [1.807, 2.05) is 18.2 Å². The highest BCUT2D eigenvalue weighted by molar-refractivity contribution is 5.93. The molecule has 164 valence electrons. The number of hydrogen-bond acceptors (Lipinski definition) is 8. The van der Waals surface area contributed by atoms with Crippen LogP contribution in [-0.4, -0.2) is 46.0 Å². The van der Waals surface area contributed by atoms with Crippen LogP contribution >= 0.6 is 0 Å². The number of nitrogens with two attached hydrogens (primary N) is 1. The van der Waals surface area contributed by atoms with Crippen molar-refractivity contribution in [2.45, 2.75) is 6.42 Å². The summed E-state index contributed by atoms with van der Waals surface area (Å²) in [5.74, 6) is 1.24. The Morgan fingerprint density at radius 2 is 1.74 bits per heavy atom. The third-order valence-electron chi connectivity index (χ3n) is 4.67. The lowest BCUT2D eigenvalue weighted by molar-refractivity contribution is -0.124. The average molecular weight is 427 g/mol. The fourth-order valence-electron chi connectivity index (χ4n) is 3.24. The maximum atomic E-state index is 12.3. The molecule has 1 aromatic heterocycles. The lowest BCUT2D eigenvalue weighted by atomic mass is 10.0. The van der Waals surface area contributed by atoms with Crippen LogP contribution in [0, 0.1) is 0 Å². The van der Waals surface area contributed by atoms with Crippen molar-refractivity contribution in [2.75, 3.05) is 40.0 Å². The summed E-state index contributed by atoms with van der Waals surface area (Å²) < 4.78 is 21.6. The molecule has 0 aliphatic heterocycles. The van der Waals surface area contributed by atoms with Gasteiger partial charge >= 0.3 is 0 Å². The molecule has 0 radical (unpaired) electrons. The average Bonchev–Trinajstić information content (AvgIpc) is 3.29. The van der Waals surface area contributed by atoms with Gasteiger partial charge in [0.05, 0.1) is 34.1 Å². The second-order valence-electron chi connectivity index (χ2n) is 6.45. The number of ether oxygens (including phenoxy) is 3. The summed E-state index contributed by atoms with van der Waals surface area (Å²) in [6, 6.07) is 10.9. The molecule has 0 spiro atoms. The number of aromatic nitrogens is 1. The fraction of sp³-hybridized carbons (Fsp3) is 0.273. The highest BCUT2D eigenvalue weighted by Gasteiger charge is 2.20. The Morgan fingerprint density at radius 3 is 2.32 bits per heavy atom. The van der Waals surface area contributed by atoms with Gasteiger partial charge in [-0.15, -0.1) is 0 Å². The Hall–Kier alpha value is -3.56. The van der Waals surface area contributed by atoms with Crippen molar-refractivity contribution in [1.82, 2.24) is 5.16 Å². The van der Waals surface area contributed by atoms with Crippen LogP contribution < -0.4 is 25.0 Å². The van der Waals surface area contributed by atoms with Crippen molar-refractivity contribution in [3.8, 4) is 39.6 Å². The number of hydroxylamine groups is 1. The normalized spacial score (nSPS) is 10.6. The topological polar surface area (TPSA) is 109 Å². The Balaban J connectivity index is 2.06. The summed E-state index contributed by atoms with van der Waals surface area (Å²) in [6.07, 6.45) is 1.71. The number of amides is 1. The molecule has 0 aliphatic rings. The number of hydrogen-bond donors (Lipinski definition) is 1. The van der Waals surface area contributed by atoms with Gasteiger partial charge in [-0.1, -0.05) is 17.3 Å². The third kappa shape index (κ3) is 4.47. The minimum absolute atomic E-state index is 0.169. The van der Waals surface area contributed by atoms with Crippen molar-refractivity contribution in [2.24, 2.45) is 5.73 Å². The first-order valence-electron chi connectivity index (χ1n) is 9.50. The van der Waals surface area contributed by atoms with Crippen molar-refractivity contribution in [3.63, 3.8) is 0 Å². The quantitative estimate of drug-likeness (QED) is 0.518. The van der Waals surface area contributed by atoms with Crippen LogP contribution in [0.15, 0.2) is 47.2 Å². The van der Waals surface area contributed by atoms with Gasteiger partial charge in [0.2, 0.25) is 5.75 Å². The molecule has 2 N–H and O–H groups in total. The summed E-state index contributed by atoms with van der Waals surface area (Å²) in [7, 11) is 6.07. The molecule has 1 amide bonds. The zero-order valence-electron chi connectivity index (χ0n) is 17.9. The molecule has 9 nitrogen and oxygen atoms in total. The van der Waals surface area contributed by atoms with Gasteiger partial charge in [-0.25, -0.2) is 0 Å². The maximum Gasteiger partial charge on any atom is 0.252 e. The molecule has 3 rings (SSSR count). The standard InChI is InChI=1S/C22H25N3O6/c1-27-18-11-15(12-19(28-2)22(18)29-3)21-17(13-31-24-21)14-6-5-7-16(10-14)25(30-4)20(26)8-9-23/h5-7,10-13H,8-9,23H2,1-4H3. The largest absolute Gasteiger partial charge is 0.493 e. The first kappa shape index (κ1) is 22.1. The van der Waals surface area contributed by atoms with Crippen LogP contribution in [0.2, 0.25) is 0 Å². The predicted molar refractivity (Wildman–Crippen MR) is 115 cm³/mol. The van der Waals surface area contributed by atoms with Gasteiger partial charge in [0.25, 0.3) is 5.91 Å². The molecule has 0 saturated carbocycles. The van der Waals surface area contributed by atoms with E-state index in [0.29, 0.717) is 34.2 Å². The van der Waals surface area contributed by atoms with Crippen LogP contribution in [0.25, 0.3) is 22.4 Å². The molecule has 3 aromatic rings. The van der Waals surface area contributed by atoms with Gasteiger partial charge in [-0.05, 0) is 29.8 Å². The number of methoxy groups -OCH3 is 3. The van der Waals surface area contributed by atoms with Gasteiger partial charge in [0.15, 0.2) is 11.5 Å². The molecular formula is C22H25N3O6. The van der Waals surface area contributed by atoms with Gasteiger partial charge in [0.1, 0.15) is 12.0 Å². The highest BCUT2D eigenvalue weighted by Crippen LogP contribution is 2.43. The van der Waals surface area contributed by atoms with E-state index in [2.05, 4.69) is 5.16 Å². The summed E-state index contributed by atoms with van der Waals surface area (Å²) >= 11 is 0. The molecule has 1 heterocycles. The molecule has 0 aliphatic carbocycles. The van der Waals surface area contributed by atoms with Crippen LogP contribution in [0.1, 0.15) is 6.42 Å². The molecule has 2 aromatic carbocycles. The van der Waals surface area contributed by atoms with E-state index >= 15 is 0 Å². The maximum absolute atomic E-state index is 12.3. The van der Waals surface area contributed by atoms with E-state index in [-0.39, 0.29) is 18.9 Å². The van der Waals surface area contributed by atoms with Crippen molar-refractivity contribution >= 4 is 11.6 Å². The number of benzene rings is 2. The minimum atomic E-state index is -0.239. The molecular weight excluding hydrogens is 402 g/mol. The monoisotopic (exact) mass is 427 g/mol. The van der Waals surface area contributed by atoms with E-state index < -0.39 is 0 Å². The summed E-state index contributed by atoms with van der Waals surface area (Å²) in [6.45, 7) is 0.231. The van der Waals surface area contributed by atoms with Gasteiger partial charge < -0.3 is 24.5 Å². The number of rotatable bonds is 9. The first-order chi connectivity index (χ1) is 15.1. The molecule has 0 fully saturated rings. The number of carbonyl (C=O) groups excluding carboxylic acids is 1. The second-order valence-corrected chi connectivity index (χ2v) is 6.45. The molecule has 0 saturated heterocycles. The highest BCUT2D eigenvalue weighted by atomic mass is 16.7. The molecule has 0 bridgehead atoms. The lowest BCUT2D eigenvalue weighted by Crippen LogP contribution is -2.31. The second kappa shape index (κ2) is 9.96. The number of carbonyl (C=O) groups is 1. The van der Waals surface area contributed by atoms with E-state index in [1.165, 1.54) is 18.4 Å². The third-order valence-corrected chi connectivity index (χ3v) is 4.67. The Kier molecular flexibility index (Phi) is 7.11. The van der Waals surface area contributed by atoms with Crippen molar-refractivity contribution in [1.29, 1.82) is 0 Å². The van der Waals surface area contributed by atoms with Crippen LogP contribution in [0.5, 0.6) is 17.2 Å². The Bertz CT molecular complexity index is 1020. The zero-order valence-corrected chi connectivity index (χ0v) is 17.9. The minimum Gasteiger partial charge on any atom is -0.493 e. The van der Waals surface area contributed by atoms with Gasteiger partial charge in [-0.2, -0.15) is 5.06 Å². The Labute approximate surface area is 180 Å². The summed E-state index contributed by atoms with van der Waals surface area (Å²) in [5.41, 5.74) is 8.87. The van der Waals surface area contributed by atoms with Crippen molar-refractivity contribution in [3.05, 3.63) is 42.7 Å². The van der Waals surface area contributed by atoms with Gasteiger partial charge in [0, 0.05) is 24.1 Å². The predicted octanol–water partition coefficient (Wildman–Crippen LogP) is 3.28. The van der Waals surface area contributed by atoms with Crippen molar-refractivity contribution < 1.29 is 28.4 Å². The van der Waals surface area contributed by atoms with E-state index in [9.17, 15) is 4.79 Å². The number of anilines is 1. The first-order valence-corrected chi connectivity index (χ1v) is 9.50. The van der Waals surface area contributed by atoms with Gasteiger partial charge in [-0.3, -0.25) is 9.63 Å². The molecule has 0 atom stereocenters. The SMILES string of the molecule is COc1cc(-c2nocc2-c2cccc(N(OC)C(=O)CCN)c2)cc(OC)c1OC. The van der Waals surface area contributed by atoms with Crippen LogP contribution in [0.4, 0.5) is 5.69 Å². The Morgan fingerprint density at radius 1 is 1.03 bits per heavy atom. The molecule has 0 unspecified atom stereocenters. The smallest absolute Gasteiger partial charge is 0.252 e. The van der Waals surface area contributed by atoms with E-state index in [1.54, 1.807) is 39.5 Å². The molecule has 31 heavy (non-hydrogen) atoms. The summed E-state index contributed by atoms with van der Waals surface area (Å²) in [5, 5.41) is 5.38. The van der Waals surface area contributed by atoms with E-state index in [4.69, 9.17) is 29.3 Å². The fourth-order valence-corrected chi connectivity index (χ4v) is 3.24. The van der Waals surface area contributed by atoms with E-state index in [0.717, 1.165) is 11.1 Å². The zero-order chi connectivity index (χ0) is 22.4. The van der Waals surface area contributed by atoms with Crippen LogP contribution in [-0.2, 0) is 9.63 Å². The lowest BCUT2D eigenvalue weighted by Gasteiger charge is -2.20.